The van der Waals surface area contributed by atoms with Crippen LogP contribution in [-0.4, -0.2) is 80.1 Å². The number of nitrogens with one attached hydrogen (secondary N) is 1. The molecular weight excluding hydrogens is 475 g/mol. The van der Waals surface area contributed by atoms with E-state index in [0.717, 1.165) is 6.20 Å². The maximum absolute atomic E-state index is 15.2. The molecule has 0 saturated carbocycles. The van der Waals surface area contributed by atoms with Crippen LogP contribution in [0.3, 0.4) is 0 Å². The third-order valence-corrected chi connectivity index (χ3v) is 5.90. The van der Waals surface area contributed by atoms with E-state index in [1.165, 1.54) is 21.2 Å². The van der Waals surface area contributed by atoms with Crippen LogP contribution in [0.2, 0.25) is 0 Å². The molecule has 35 heavy (non-hydrogen) atoms. The van der Waals surface area contributed by atoms with Gasteiger partial charge in [-0.3, -0.25) is 4.90 Å². The van der Waals surface area contributed by atoms with Gasteiger partial charge in [-0.15, -0.1) is 10.2 Å². The first kappa shape index (κ1) is 23.2. The molecule has 1 aromatic carbocycles. The molecule has 186 valence electrons. The fraction of sp³-hybridized carbons (Fsp3) is 0.429. The van der Waals surface area contributed by atoms with Crippen molar-refractivity contribution in [3.05, 3.63) is 30.2 Å². The highest BCUT2D eigenvalue weighted by Gasteiger charge is 2.47. The van der Waals surface area contributed by atoms with E-state index in [0.29, 0.717) is 16.6 Å². The van der Waals surface area contributed by atoms with Crippen LogP contribution in [0.5, 0.6) is 5.88 Å². The van der Waals surface area contributed by atoms with Gasteiger partial charge in [0.2, 0.25) is 18.3 Å². The van der Waals surface area contributed by atoms with E-state index in [-0.39, 0.29) is 36.0 Å². The van der Waals surface area contributed by atoms with Crippen molar-refractivity contribution in [3.8, 4) is 17.0 Å². The lowest BCUT2D eigenvalue weighted by molar-refractivity contribution is 0.00582. The van der Waals surface area contributed by atoms with Gasteiger partial charge in [-0.1, -0.05) is 11.3 Å². The van der Waals surface area contributed by atoms with E-state index < -0.39 is 37.2 Å². The molecule has 4 aromatic rings. The summed E-state index contributed by atoms with van der Waals surface area (Å²) in [5.41, 5.74) is 1.58. The number of alkyl halides is 4. The lowest BCUT2D eigenvalue weighted by Gasteiger charge is -2.19. The van der Waals surface area contributed by atoms with E-state index in [9.17, 15) is 17.6 Å². The van der Waals surface area contributed by atoms with E-state index in [1.54, 1.807) is 25.2 Å². The lowest BCUT2D eigenvalue weighted by atomic mass is 10.1. The minimum atomic E-state index is -3.00. The molecule has 0 aliphatic carbocycles. The zero-order chi connectivity index (χ0) is 24.9. The van der Waals surface area contributed by atoms with E-state index >= 15 is 4.39 Å². The predicted molar refractivity (Wildman–Crippen MR) is 116 cm³/mol. The number of ether oxygens (including phenoxy) is 1. The van der Waals surface area contributed by atoms with Crippen LogP contribution in [-0.2, 0) is 6.54 Å². The number of likely N-dealkylation sites (tertiary alicyclic amines) is 1. The Morgan fingerprint density at radius 2 is 2.09 bits per heavy atom. The molecule has 4 heterocycles. The number of halogens is 5. The maximum atomic E-state index is 15.2. The molecule has 1 N–H and O–H groups in total. The van der Waals surface area contributed by atoms with Crippen molar-refractivity contribution in [2.75, 3.05) is 32.6 Å². The topological polar surface area (TPSA) is 85.4 Å². The van der Waals surface area contributed by atoms with Crippen LogP contribution in [0.25, 0.3) is 27.7 Å². The normalized spacial score (nSPS) is 18.2. The van der Waals surface area contributed by atoms with Crippen LogP contribution in [0.1, 0.15) is 6.42 Å². The van der Waals surface area contributed by atoms with Crippen molar-refractivity contribution in [2.24, 2.45) is 0 Å². The SMILES string of the molecule is COc1nc(N[C@@H]2CN(C)CC2(F)F)nn2cc(F)c(-c3ccc4nnn(CCC(F)F)c4c3)c12. The summed E-state index contributed by atoms with van der Waals surface area (Å²) in [7, 11) is 2.91. The molecule has 3 aromatic heterocycles. The number of methoxy groups -OCH3 is 1. The molecule has 0 radical (unpaired) electrons. The summed E-state index contributed by atoms with van der Waals surface area (Å²) in [5.74, 6) is -3.82. The number of rotatable bonds is 7. The first-order valence-electron chi connectivity index (χ1n) is 10.7. The smallest absolute Gasteiger partial charge is 0.281 e. The molecule has 0 unspecified atom stereocenters. The molecule has 0 amide bonds. The Balaban J connectivity index is 1.56. The number of nitrogens with zero attached hydrogens (tertiary/aromatic N) is 7. The zero-order valence-corrected chi connectivity index (χ0v) is 18.7. The molecular formula is C21H21F5N8O. The van der Waals surface area contributed by atoms with Gasteiger partial charge in [0.15, 0.2) is 5.82 Å². The second-order valence-electron chi connectivity index (χ2n) is 8.44. The number of fused-ring (bicyclic) bond motifs is 2. The molecule has 0 spiro atoms. The number of hydrogen-bond acceptors (Lipinski definition) is 7. The average molecular weight is 496 g/mol. The quantitative estimate of drug-likeness (QED) is 0.393. The summed E-state index contributed by atoms with van der Waals surface area (Å²) >= 11 is 0. The predicted octanol–water partition coefficient (Wildman–Crippen LogP) is 3.31. The third-order valence-electron chi connectivity index (χ3n) is 5.90. The Morgan fingerprint density at radius 1 is 1.29 bits per heavy atom. The fourth-order valence-corrected chi connectivity index (χ4v) is 4.29. The summed E-state index contributed by atoms with van der Waals surface area (Å²) < 4.78 is 76.9. The number of benzene rings is 1. The van der Waals surface area contributed by atoms with Gasteiger partial charge in [-0.2, -0.15) is 4.98 Å². The second kappa shape index (κ2) is 8.59. The van der Waals surface area contributed by atoms with Gasteiger partial charge >= 0.3 is 0 Å². The molecule has 14 heteroatoms. The summed E-state index contributed by atoms with van der Waals surface area (Å²) in [6.07, 6.45) is -1.81. The number of aryl methyl sites for hydroxylation is 1. The highest BCUT2D eigenvalue weighted by atomic mass is 19.3. The minimum absolute atomic E-state index is 0.0273. The van der Waals surface area contributed by atoms with Crippen molar-refractivity contribution in [1.29, 1.82) is 0 Å². The summed E-state index contributed by atoms with van der Waals surface area (Å²) in [4.78, 5) is 5.68. The van der Waals surface area contributed by atoms with Crippen molar-refractivity contribution in [2.45, 2.75) is 31.4 Å². The van der Waals surface area contributed by atoms with E-state index in [4.69, 9.17) is 4.74 Å². The molecule has 1 atom stereocenters. The number of hydrogen-bond donors (Lipinski definition) is 1. The van der Waals surface area contributed by atoms with Gasteiger partial charge in [0, 0.05) is 19.5 Å². The lowest BCUT2D eigenvalue weighted by Crippen LogP contribution is -2.38. The van der Waals surface area contributed by atoms with Crippen LogP contribution in [0, 0.1) is 5.82 Å². The average Bonchev–Trinajstić information content (AvgIpc) is 3.43. The van der Waals surface area contributed by atoms with Crippen LogP contribution in [0.4, 0.5) is 27.9 Å². The van der Waals surface area contributed by atoms with Gasteiger partial charge in [0.25, 0.3) is 5.92 Å². The Labute approximate surface area is 195 Å². The first-order chi connectivity index (χ1) is 16.7. The molecule has 1 aliphatic rings. The molecule has 1 aliphatic heterocycles. The van der Waals surface area contributed by atoms with Crippen LogP contribution in [0.15, 0.2) is 24.4 Å². The Morgan fingerprint density at radius 3 is 2.77 bits per heavy atom. The van der Waals surface area contributed by atoms with Crippen LogP contribution < -0.4 is 10.1 Å². The Bertz CT molecular complexity index is 1390. The van der Waals surface area contributed by atoms with Crippen LogP contribution >= 0.6 is 0 Å². The molecule has 9 nitrogen and oxygen atoms in total. The molecule has 1 saturated heterocycles. The Kier molecular flexibility index (Phi) is 5.69. The largest absolute Gasteiger partial charge is 0.479 e. The Hall–Kier alpha value is -3.55. The highest BCUT2D eigenvalue weighted by molar-refractivity contribution is 5.89. The molecule has 5 rings (SSSR count). The number of aromatic nitrogens is 6. The summed E-state index contributed by atoms with van der Waals surface area (Å²) in [6, 6.07) is 3.56. The third kappa shape index (κ3) is 4.22. The zero-order valence-electron chi connectivity index (χ0n) is 18.7. The van der Waals surface area contributed by atoms with Gasteiger partial charge in [0.1, 0.15) is 17.1 Å². The van der Waals surface area contributed by atoms with Gasteiger partial charge in [-0.25, -0.2) is 31.1 Å². The van der Waals surface area contributed by atoms with Crippen molar-refractivity contribution >= 4 is 22.5 Å². The monoisotopic (exact) mass is 496 g/mol. The summed E-state index contributed by atoms with van der Waals surface area (Å²) in [6.45, 7) is -0.383. The van der Waals surface area contributed by atoms with Crippen molar-refractivity contribution < 1.29 is 26.7 Å². The maximum Gasteiger partial charge on any atom is 0.281 e. The van der Waals surface area contributed by atoms with E-state index in [2.05, 4.69) is 25.7 Å². The van der Waals surface area contributed by atoms with E-state index in [1.807, 2.05) is 0 Å². The highest BCUT2D eigenvalue weighted by Crippen LogP contribution is 2.36. The summed E-state index contributed by atoms with van der Waals surface area (Å²) in [5, 5.41) is 14.7. The number of likely N-dealkylation sites (N-methyl/N-ethyl adjacent to an activating group) is 1. The fourth-order valence-electron chi connectivity index (χ4n) is 4.29. The van der Waals surface area contributed by atoms with Gasteiger partial charge < -0.3 is 10.1 Å². The first-order valence-corrected chi connectivity index (χ1v) is 10.7. The molecule has 0 bridgehead atoms. The van der Waals surface area contributed by atoms with Gasteiger partial charge in [-0.05, 0) is 24.7 Å². The second-order valence-corrected chi connectivity index (χ2v) is 8.44. The molecule has 1 fully saturated rings. The van der Waals surface area contributed by atoms with Gasteiger partial charge in [0.05, 0.1) is 30.9 Å². The van der Waals surface area contributed by atoms with Crippen molar-refractivity contribution in [1.82, 2.24) is 34.5 Å². The standard InChI is InChI=1S/C21H21F5N8O/c1-32-9-15(21(25,26)10-32)27-20-28-19(35-2)18-17(12(22)8-34(18)30-20)11-3-4-13-14(7-11)33(31-29-13)6-5-16(23)24/h3-4,7-8,15-16H,5-6,9-10H2,1-2H3,(H,27,30)/t15-/m1/s1. The number of anilines is 1. The van der Waals surface area contributed by atoms with Crippen molar-refractivity contribution in [3.63, 3.8) is 0 Å². The minimum Gasteiger partial charge on any atom is -0.479 e.